The predicted octanol–water partition coefficient (Wildman–Crippen LogP) is 3.19. The summed E-state index contributed by atoms with van der Waals surface area (Å²) in [5.41, 5.74) is 4.15. The fourth-order valence-corrected chi connectivity index (χ4v) is 3.50. The molecule has 0 aromatic heterocycles. The molecule has 1 aromatic carbocycles. The minimum atomic E-state index is -0.418. The summed E-state index contributed by atoms with van der Waals surface area (Å²) < 4.78 is 5.87. The molecule has 0 spiro atoms. The lowest BCUT2D eigenvalue weighted by Gasteiger charge is -2.27. The maximum atomic E-state index is 11.8. The van der Waals surface area contributed by atoms with Crippen molar-refractivity contribution in [2.75, 3.05) is 19.7 Å². The lowest BCUT2D eigenvalue weighted by atomic mass is 9.83. The molecule has 1 amide bonds. The van der Waals surface area contributed by atoms with Gasteiger partial charge in [0.2, 0.25) is 5.91 Å². The smallest absolute Gasteiger partial charge is 0.246 e. The number of nitrogens with zero attached hydrogens (tertiary/aromatic N) is 2. The summed E-state index contributed by atoms with van der Waals surface area (Å²) in [5.74, 6) is 0.862. The lowest BCUT2D eigenvalue weighted by Crippen LogP contribution is -2.40. The van der Waals surface area contributed by atoms with E-state index < -0.39 is 5.41 Å². The molecule has 1 fully saturated rings. The van der Waals surface area contributed by atoms with E-state index in [1.54, 1.807) is 0 Å². The van der Waals surface area contributed by atoms with Crippen molar-refractivity contribution >= 4 is 11.6 Å². The van der Waals surface area contributed by atoms with Crippen molar-refractivity contribution in [2.45, 2.75) is 52.5 Å². The first kappa shape index (κ1) is 17.9. The summed E-state index contributed by atoms with van der Waals surface area (Å²) >= 11 is 0. The number of hydrazone groups is 1. The van der Waals surface area contributed by atoms with Gasteiger partial charge in [-0.15, -0.1) is 0 Å². The zero-order valence-corrected chi connectivity index (χ0v) is 15.5. The van der Waals surface area contributed by atoms with Gasteiger partial charge < -0.3 is 9.64 Å². The molecule has 3 rings (SSSR count). The molecule has 2 heterocycles. The summed E-state index contributed by atoms with van der Waals surface area (Å²) in [6.45, 7) is 9.28. The fourth-order valence-electron chi connectivity index (χ4n) is 3.50. The number of benzene rings is 1. The molecule has 0 bridgehead atoms. The fraction of sp³-hybridized carbons (Fsp3) is 0.600. The molecule has 25 heavy (non-hydrogen) atoms. The van der Waals surface area contributed by atoms with Gasteiger partial charge in [0, 0.05) is 19.0 Å². The SMILES string of the molecule is CC1CCCN1CCCOc1ccc(C2=NNC(=O)C(C)(C)C2)cc1. The highest BCUT2D eigenvalue weighted by Gasteiger charge is 2.33. The van der Waals surface area contributed by atoms with Gasteiger partial charge >= 0.3 is 0 Å². The minimum absolute atomic E-state index is 0.0245. The van der Waals surface area contributed by atoms with Crippen LogP contribution in [0.2, 0.25) is 0 Å². The van der Waals surface area contributed by atoms with Crippen LogP contribution in [0.5, 0.6) is 5.75 Å². The largest absolute Gasteiger partial charge is 0.494 e. The standard InChI is InChI=1S/C20H29N3O2/c1-15-6-4-11-23(15)12-5-13-25-17-9-7-16(8-10-17)18-14-20(2,3)19(24)22-21-18/h7-10,15H,4-6,11-14H2,1-3H3,(H,22,24). The molecular formula is C20H29N3O2. The van der Waals surface area contributed by atoms with Crippen LogP contribution in [-0.4, -0.2) is 42.3 Å². The quantitative estimate of drug-likeness (QED) is 0.807. The second kappa shape index (κ2) is 7.56. The molecule has 0 saturated carbocycles. The first-order valence-corrected chi connectivity index (χ1v) is 9.30. The first-order chi connectivity index (χ1) is 12.0. The number of likely N-dealkylation sites (tertiary alicyclic amines) is 1. The molecule has 2 aliphatic heterocycles. The maximum Gasteiger partial charge on any atom is 0.246 e. The number of carbonyl (C=O) groups is 1. The summed E-state index contributed by atoms with van der Waals surface area (Å²) in [4.78, 5) is 14.3. The molecule has 1 saturated heterocycles. The third kappa shape index (κ3) is 4.40. The number of ether oxygens (including phenoxy) is 1. The first-order valence-electron chi connectivity index (χ1n) is 9.30. The molecule has 1 aromatic rings. The van der Waals surface area contributed by atoms with Crippen LogP contribution in [0.25, 0.3) is 0 Å². The van der Waals surface area contributed by atoms with E-state index in [1.165, 1.54) is 19.4 Å². The summed E-state index contributed by atoms with van der Waals surface area (Å²) in [6.07, 6.45) is 4.35. The van der Waals surface area contributed by atoms with Gasteiger partial charge in [-0.3, -0.25) is 4.79 Å². The van der Waals surface area contributed by atoms with E-state index in [2.05, 4.69) is 22.4 Å². The Balaban J connectivity index is 1.48. The average Bonchev–Trinajstić information content (AvgIpc) is 3.00. The van der Waals surface area contributed by atoms with E-state index in [4.69, 9.17) is 4.74 Å². The Kier molecular flexibility index (Phi) is 5.42. The highest BCUT2D eigenvalue weighted by Crippen LogP contribution is 2.27. The van der Waals surface area contributed by atoms with Crippen molar-refractivity contribution in [1.29, 1.82) is 0 Å². The molecule has 1 atom stereocenters. The van der Waals surface area contributed by atoms with Gasteiger partial charge in [-0.25, -0.2) is 5.43 Å². The van der Waals surface area contributed by atoms with Crippen molar-refractivity contribution < 1.29 is 9.53 Å². The number of hydrogen-bond donors (Lipinski definition) is 1. The van der Waals surface area contributed by atoms with Gasteiger partial charge in [-0.1, -0.05) is 13.8 Å². The third-order valence-corrected chi connectivity index (χ3v) is 5.25. The third-order valence-electron chi connectivity index (χ3n) is 5.25. The van der Waals surface area contributed by atoms with Crippen molar-refractivity contribution in [2.24, 2.45) is 10.5 Å². The highest BCUT2D eigenvalue weighted by atomic mass is 16.5. The Morgan fingerprint density at radius 2 is 2.08 bits per heavy atom. The van der Waals surface area contributed by atoms with Crippen molar-refractivity contribution in [3.05, 3.63) is 29.8 Å². The maximum absolute atomic E-state index is 11.8. The van der Waals surface area contributed by atoms with Crippen molar-refractivity contribution in [3.63, 3.8) is 0 Å². The normalized spacial score (nSPS) is 23.2. The molecule has 2 aliphatic rings. The van der Waals surface area contributed by atoms with Crippen LogP contribution in [0, 0.1) is 5.41 Å². The second-order valence-corrected chi connectivity index (χ2v) is 7.81. The molecule has 0 radical (unpaired) electrons. The Labute approximate surface area is 150 Å². The number of rotatable bonds is 6. The van der Waals surface area contributed by atoms with Crippen LogP contribution < -0.4 is 10.2 Å². The Morgan fingerprint density at radius 3 is 2.72 bits per heavy atom. The highest BCUT2D eigenvalue weighted by molar-refractivity contribution is 6.05. The summed E-state index contributed by atoms with van der Waals surface area (Å²) in [5, 5.41) is 4.20. The lowest BCUT2D eigenvalue weighted by molar-refractivity contribution is -0.129. The van der Waals surface area contributed by atoms with E-state index in [9.17, 15) is 4.79 Å². The van der Waals surface area contributed by atoms with Gasteiger partial charge in [-0.05, 0) is 62.6 Å². The van der Waals surface area contributed by atoms with Crippen LogP contribution in [0.15, 0.2) is 29.4 Å². The van der Waals surface area contributed by atoms with Gasteiger partial charge in [-0.2, -0.15) is 5.10 Å². The predicted molar refractivity (Wildman–Crippen MR) is 99.9 cm³/mol. The number of hydrogen-bond acceptors (Lipinski definition) is 4. The van der Waals surface area contributed by atoms with Gasteiger partial charge in [0.15, 0.2) is 0 Å². The van der Waals surface area contributed by atoms with Crippen molar-refractivity contribution in [3.8, 4) is 5.75 Å². The van der Waals surface area contributed by atoms with Crippen molar-refractivity contribution in [1.82, 2.24) is 10.3 Å². The van der Waals surface area contributed by atoms with E-state index in [1.807, 2.05) is 38.1 Å². The number of amides is 1. The zero-order chi connectivity index (χ0) is 17.9. The minimum Gasteiger partial charge on any atom is -0.494 e. The van der Waals surface area contributed by atoms with Crippen LogP contribution in [0.4, 0.5) is 0 Å². The average molecular weight is 343 g/mol. The molecule has 5 nitrogen and oxygen atoms in total. The summed E-state index contributed by atoms with van der Waals surface area (Å²) in [7, 11) is 0. The second-order valence-electron chi connectivity index (χ2n) is 7.81. The van der Waals surface area contributed by atoms with Crippen LogP contribution in [0.3, 0.4) is 0 Å². The molecule has 1 unspecified atom stereocenters. The number of carbonyl (C=O) groups excluding carboxylic acids is 1. The monoisotopic (exact) mass is 343 g/mol. The topological polar surface area (TPSA) is 53.9 Å². The molecular weight excluding hydrogens is 314 g/mol. The van der Waals surface area contributed by atoms with Gasteiger partial charge in [0.25, 0.3) is 0 Å². The van der Waals surface area contributed by atoms with Crippen LogP contribution in [0.1, 0.15) is 52.0 Å². The Hall–Kier alpha value is -1.88. The van der Waals surface area contributed by atoms with E-state index in [0.717, 1.165) is 42.6 Å². The zero-order valence-electron chi connectivity index (χ0n) is 15.5. The summed E-state index contributed by atoms with van der Waals surface area (Å²) in [6, 6.07) is 8.73. The molecule has 136 valence electrons. The van der Waals surface area contributed by atoms with E-state index in [-0.39, 0.29) is 5.91 Å². The molecule has 1 N–H and O–H groups in total. The van der Waals surface area contributed by atoms with Gasteiger partial charge in [0.1, 0.15) is 5.75 Å². The van der Waals surface area contributed by atoms with E-state index in [0.29, 0.717) is 6.42 Å². The molecule has 5 heteroatoms. The Morgan fingerprint density at radius 1 is 1.32 bits per heavy atom. The Bertz CT molecular complexity index is 637. The van der Waals surface area contributed by atoms with Gasteiger partial charge in [0.05, 0.1) is 17.7 Å². The number of nitrogens with one attached hydrogen (secondary N) is 1. The van der Waals surface area contributed by atoms with Crippen LogP contribution >= 0.6 is 0 Å². The molecule has 0 aliphatic carbocycles. The van der Waals surface area contributed by atoms with E-state index >= 15 is 0 Å². The van der Waals surface area contributed by atoms with Crippen LogP contribution in [-0.2, 0) is 4.79 Å².